The van der Waals surface area contributed by atoms with E-state index >= 15 is 0 Å². The highest BCUT2D eigenvalue weighted by molar-refractivity contribution is 7.89. The number of fused-ring (bicyclic) bond motifs is 1. The lowest BCUT2D eigenvalue weighted by atomic mass is 9.94. The van der Waals surface area contributed by atoms with Gasteiger partial charge >= 0.3 is 0 Å². The summed E-state index contributed by atoms with van der Waals surface area (Å²) in [7, 11) is -0.289. The van der Waals surface area contributed by atoms with Gasteiger partial charge in [0.25, 0.3) is 0 Å². The molecule has 3 saturated heterocycles. The van der Waals surface area contributed by atoms with Gasteiger partial charge in [-0.2, -0.15) is 0 Å². The third-order valence-corrected chi connectivity index (χ3v) is 11.5. The molecule has 1 amide bonds. The first-order valence-electron chi connectivity index (χ1n) is 18.2. The Balaban J connectivity index is 1.36. The monoisotopic (exact) mass is 819 g/mol. The molecule has 0 saturated carbocycles. The number of amides is 1. The smallest absolute Gasteiger partial charge is 0.241 e. The van der Waals surface area contributed by atoms with E-state index < -0.39 is 121 Å². The summed E-state index contributed by atoms with van der Waals surface area (Å²) in [5.41, 5.74) is 0.838. The fourth-order valence-corrected chi connectivity index (χ4v) is 8.26. The van der Waals surface area contributed by atoms with Crippen LogP contribution >= 0.6 is 0 Å². The molecule has 10 N–H and O–H groups in total. The van der Waals surface area contributed by atoms with Crippen LogP contribution in [-0.2, 0) is 43.2 Å². The van der Waals surface area contributed by atoms with Crippen LogP contribution in [0.5, 0.6) is 0 Å². The predicted octanol–water partition coefficient (Wildman–Crippen LogP) is -3.79. The molecule has 0 bridgehead atoms. The lowest BCUT2D eigenvalue weighted by molar-refractivity contribution is -0.373. The van der Waals surface area contributed by atoms with Crippen molar-refractivity contribution in [1.82, 2.24) is 10.0 Å². The van der Waals surface area contributed by atoms with E-state index in [4.69, 9.17) is 28.4 Å². The second-order valence-electron chi connectivity index (χ2n) is 14.2. The average molecular weight is 820 g/mol. The fourth-order valence-electron chi connectivity index (χ4n) is 6.97. The quantitative estimate of drug-likeness (QED) is 0.0771. The minimum absolute atomic E-state index is 0.0782. The van der Waals surface area contributed by atoms with Gasteiger partial charge in [-0.25, -0.2) is 13.1 Å². The summed E-state index contributed by atoms with van der Waals surface area (Å²) in [5.74, 6) is -0.641. The number of ether oxygens (including phenoxy) is 6. The van der Waals surface area contributed by atoms with E-state index in [1.54, 1.807) is 18.2 Å². The molecule has 15 atom stereocenters. The SMILES string of the molecule is CC(=O)N[C@H]1[C@H](OCCCNS(=O)(=O)c2cccc3c(N(C)C)cccc23)O[C@H](CO)[C@@H](O[C@@H]2O[C@@H](C)[C@@H](O)[C@@H](O)[C@@H]2O)[C@@H]1O[C@@H]1O[C@H](CO)[C@H](O)[C@H](O)[C@H]1O. The van der Waals surface area contributed by atoms with Crippen molar-refractivity contribution in [3.63, 3.8) is 0 Å². The van der Waals surface area contributed by atoms with E-state index in [1.165, 1.54) is 13.0 Å². The summed E-state index contributed by atoms with van der Waals surface area (Å²) >= 11 is 0. The molecular formula is C35H53N3O17S. The van der Waals surface area contributed by atoms with Gasteiger partial charge in [-0.15, -0.1) is 0 Å². The molecule has 316 valence electrons. The molecule has 0 aromatic heterocycles. The molecule has 3 aliphatic heterocycles. The highest BCUT2D eigenvalue weighted by Gasteiger charge is 2.54. The number of hydrogen-bond acceptors (Lipinski definition) is 18. The number of carbonyl (C=O) groups excluding carboxylic acids is 1. The Morgan fingerprint density at radius 3 is 2.00 bits per heavy atom. The number of anilines is 1. The second kappa shape index (κ2) is 18.9. The van der Waals surface area contributed by atoms with Crippen molar-refractivity contribution < 1.29 is 82.5 Å². The van der Waals surface area contributed by atoms with E-state index in [-0.39, 0.29) is 24.5 Å². The zero-order chi connectivity index (χ0) is 41.1. The Kier molecular flexibility index (Phi) is 15.0. The van der Waals surface area contributed by atoms with Gasteiger partial charge in [0.05, 0.1) is 30.8 Å². The predicted molar refractivity (Wildman–Crippen MR) is 193 cm³/mol. The molecule has 3 aliphatic rings. The van der Waals surface area contributed by atoms with Crippen LogP contribution in [0.4, 0.5) is 5.69 Å². The number of nitrogens with one attached hydrogen (secondary N) is 2. The lowest BCUT2D eigenvalue weighted by Crippen LogP contribution is -2.69. The summed E-state index contributed by atoms with van der Waals surface area (Å²) in [5, 5.41) is 87.2. The van der Waals surface area contributed by atoms with Gasteiger partial charge in [-0.1, -0.05) is 24.3 Å². The first kappa shape index (κ1) is 44.4. The van der Waals surface area contributed by atoms with Crippen LogP contribution in [0.25, 0.3) is 10.8 Å². The van der Waals surface area contributed by atoms with Crippen LogP contribution in [0.15, 0.2) is 41.3 Å². The second-order valence-corrected chi connectivity index (χ2v) is 15.9. The zero-order valence-corrected chi connectivity index (χ0v) is 32.1. The number of aliphatic hydroxyl groups excluding tert-OH is 8. The first-order chi connectivity index (χ1) is 26.5. The zero-order valence-electron chi connectivity index (χ0n) is 31.3. The van der Waals surface area contributed by atoms with E-state index in [0.29, 0.717) is 5.39 Å². The molecule has 0 unspecified atom stereocenters. The molecule has 2 aromatic rings. The standard InChI is InChI=1S/C35H53N3O17S/c1-16-25(42)27(44)29(46)34(51-16)54-31-22(15-40)53-33(24(37-17(2)41)32(31)55-35-30(47)28(45)26(43)21(14-39)52-35)50-13-7-12-36-56(48,49)23-11-6-8-18-19(23)9-5-10-20(18)38(3)4/h5-6,8-11,16,21-22,24-36,39-40,42-47H,7,12-15H2,1-4H3,(H,37,41)/t16-,21+,22+,24+,25+,26-,27+,28-,29-,30+,31+,32+,33+,34-,35-/m0/s1. The van der Waals surface area contributed by atoms with Gasteiger partial charge in [0.1, 0.15) is 67.1 Å². The minimum Gasteiger partial charge on any atom is -0.394 e. The highest BCUT2D eigenvalue weighted by atomic mass is 32.2. The molecule has 2 aromatic carbocycles. The van der Waals surface area contributed by atoms with Crippen LogP contribution in [0, 0.1) is 0 Å². The van der Waals surface area contributed by atoms with Crippen LogP contribution < -0.4 is 14.9 Å². The highest BCUT2D eigenvalue weighted by Crippen LogP contribution is 2.34. The molecule has 20 nitrogen and oxygen atoms in total. The number of aliphatic hydroxyl groups is 8. The summed E-state index contributed by atoms with van der Waals surface area (Å²) in [6.07, 6.45) is -22.3. The maximum absolute atomic E-state index is 13.4. The van der Waals surface area contributed by atoms with E-state index in [1.807, 2.05) is 31.1 Å². The molecule has 0 spiro atoms. The van der Waals surface area contributed by atoms with Crippen molar-refractivity contribution in [3.8, 4) is 0 Å². The van der Waals surface area contributed by atoms with Gasteiger partial charge in [-0.05, 0) is 25.5 Å². The molecule has 3 heterocycles. The molecule has 21 heteroatoms. The van der Waals surface area contributed by atoms with Gasteiger partial charge < -0.3 is 79.5 Å². The molecular weight excluding hydrogens is 766 g/mol. The van der Waals surface area contributed by atoms with Gasteiger partial charge in [0.15, 0.2) is 18.9 Å². The molecule has 0 radical (unpaired) electrons. The largest absolute Gasteiger partial charge is 0.394 e. The minimum atomic E-state index is -4.00. The lowest BCUT2D eigenvalue weighted by Gasteiger charge is -2.50. The maximum atomic E-state index is 13.4. The van der Waals surface area contributed by atoms with Gasteiger partial charge in [0.2, 0.25) is 15.9 Å². The van der Waals surface area contributed by atoms with Crippen LogP contribution in [-0.4, -0.2) is 188 Å². The Hall–Kier alpha value is -2.68. The van der Waals surface area contributed by atoms with Crippen LogP contribution in [0.2, 0.25) is 0 Å². The van der Waals surface area contributed by atoms with Crippen LogP contribution in [0.3, 0.4) is 0 Å². The first-order valence-corrected chi connectivity index (χ1v) is 19.6. The van der Waals surface area contributed by atoms with Crippen molar-refractivity contribution in [2.45, 2.75) is 117 Å². The normalized spacial score (nSPS) is 36.7. The van der Waals surface area contributed by atoms with Crippen LogP contribution in [0.1, 0.15) is 20.3 Å². The summed E-state index contributed by atoms with van der Waals surface area (Å²) in [6, 6.07) is 8.96. The molecule has 3 fully saturated rings. The van der Waals surface area contributed by atoms with E-state index in [9.17, 15) is 54.1 Å². The third kappa shape index (κ3) is 9.60. The number of nitrogens with zero attached hydrogens (tertiary/aromatic N) is 1. The number of benzene rings is 2. The fraction of sp³-hybridized carbons (Fsp3) is 0.686. The molecule has 5 rings (SSSR count). The number of hydrogen-bond donors (Lipinski definition) is 10. The van der Waals surface area contributed by atoms with Gasteiger partial charge in [-0.3, -0.25) is 4.79 Å². The number of carbonyl (C=O) groups is 1. The Labute approximate surface area is 323 Å². The van der Waals surface area contributed by atoms with E-state index in [2.05, 4.69) is 10.0 Å². The Bertz CT molecular complexity index is 1720. The topological polar surface area (TPSA) is 296 Å². The number of rotatable bonds is 15. The molecule has 0 aliphatic carbocycles. The molecule has 56 heavy (non-hydrogen) atoms. The van der Waals surface area contributed by atoms with Crippen molar-refractivity contribution in [3.05, 3.63) is 36.4 Å². The average Bonchev–Trinajstić information content (AvgIpc) is 3.16. The summed E-state index contributed by atoms with van der Waals surface area (Å²) in [4.78, 5) is 14.5. The summed E-state index contributed by atoms with van der Waals surface area (Å²) in [6.45, 7) is 0.716. The van der Waals surface area contributed by atoms with Crippen molar-refractivity contribution >= 4 is 32.4 Å². The third-order valence-electron chi connectivity index (χ3n) is 9.96. The van der Waals surface area contributed by atoms with Gasteiger partial charge in [0, 0.05) is 44.0 Å². The maximum Gasteiger partial charge on any atom is 0.241 e. The Morgan fingerprint density at radius 1 is 0.768 bits per heavy atom. The summed E-state index contributed by atoms with van der Waals surface area (Å²) < 4.78 is 64.7. The number of sulfonamides is 1. The van der Waals surface area contributed by atoms with Crippen molar-refractivity contribution in [2.75, 3.05) is 45.4 Å². The van der Waals surface area contributed by atoms with Crippen molar-refractivity contribution in [1.29, 1.82) is 0 Å². The van der Waals surface area contributed by atoms with E-state index in [0.717, 1.165) is 18.0 Å². The Morgan fingerprint density at radius 2 is 1.36 bits per heavy atom. The van der Waals surface area contributed by atoms with Crippen molar-refractivity contribution in [2.24, 2.45) is 0 Å².